The van der Waals surface area contributed by atoms with Crippen LogP contribution in [-0.4, -0.2) is 27.3 Å². The van der Waals surface area contributed by atoms with Gasteiger partial charge in [-0.2, -0.15) is 9.78 Å². The van der Waals surface area contributed by atoms with Crippen molar-refractivity contribution in [1.29, 1.82) is 0 Å². The van der Waals surface area contributed by atoms with Gasteiger partial charge in [-0.15, -0.1) is 0 Å². The van der Waals surface area contributed by atoms with Crippen molar-refractivity contribution < 1.29 is 9.53 Å². The van der Waals surface area contributed by atoms with Crippen LogP contribution in [0.15, 0.2) is 48.5 Å². The zero-order valence-electron chi connectivity index (χ0n) is 17.6. The first-order valence-electron chi connectivity index (χ1n) is 10.6. The fraction of sp³-hybridized carbons (Fsp3) is 0.292. The number of anilines is 1. The van der Waals surface area contributed by atoms with Crippen LogP contribution >= 0.6 is 11.3 Å². The molecule has 7 heteroatoms. The third-order valence-electron chi connectivity index (χ3n) is 5.62. The smallest absolute Gasteiger partial charge is 0.226 e. The van der Waals surface area contributed by atoms with Crippen LogP contribution < -0.4 is 10.1 Å². The quantitative estimate of drug-likeness (QED) is 0.412. The number of thiazole rings is 1. The van der Waals surface area contributed by atoms with Gasteiger partial charge in [-0.3, -0.25) is 4.79 Å². The number of nitrogens with one attached hydrogen (secondary N) is 1. The van der Waals surface area contributed by atoms with E-state index in [0.29, 0.717) is 18.8 Å². The van der Waals surface area contributed by atoms with Crippen LogP contribution in [-0.2, 0) is 4.79 Å². The molecule has 158 valence electrons. The molecule has 0 bridgehead atoms. The third-order valence-corrected chi connectivity index (χ3v) is 6.63. The molecule has 6 nitrogen and oxygen atoms in total. The lowest BCUT2D eigenvalue weighted by molar-refractivity contribution is -0.116. The second-order valence-electron chi connectivity index (χ2n) is 7.77. The van der Waals surface area contributed by atoms with Crippen LogP contribution in [0.3, 0.4) is 0 Å². The highest BCUT2D eigenvalue weighted by atomic mass is 32.1. The number of nitrogens with zero attached hydrogens (tertiary/aromatic N) is 3. The lowest BCUT2D eigenvalue weighted by Gasteiger charge is -2.25. The summed E-state index contributed by atoms with van der Waals surface area (Å²) >= 11 is 1.56. The highest BCUT2D eigenvalue weighted by Gasteiger charge is 2.34. The second-order valence-corrected chi connectivity index (χ2v) is 8.78. The summed E-state index contributed by atoms with van der Waals surface area (Å²) in [6, 6.07) is 16.0. The number of rotatable bonds is 6. The molecule has 0 spiro atoms. The van der Waals surface area contributed by atoms with Crippen LogP contribution in [0.5, 0.6) is 5.75 Å². The Morgan fingerprint density at radius 3 is 2.84 bits per heavy atom. The number of hydrogen-bond donors (Lipinski definition) is 1. The summed E-state index contributed by atoms with van der Waals surface area (Å²) in [5.41, 5.74) is 3.88. The zero-order chi connectivity index (χ0) is 21.4. The molecule has 0 saturated heterocycles. The second kappa shape index (κ2) is 8.15. The molecule has 1 atom stereocenters. The van der Waals surface area contributed by atoms with Gasteiger partial charge in [-0.1, -0.05) is 55.0 Å². The van der Waals surface area contributed by atoms with E-state index in [2.05, 4.69) is 18.3 Å². The van der Waals surface area contributed by atoms with Gasteiger partial charge in [0.05, 0.1) is 22.5 Å². The molecule has 0 fully saturated rings. The summed E-state index contributed by atoms with van der Waals surface area (Å²) in [6.45, 7) is 4.81. The summed E-state index contributed by atoms with van der Waals surface area (Å²) in [5.74, 6) is 1.42. The number of unbranched alkanes of at least 4 members (excludes halogenated alkanes) is 1. The van der Waals surface area contributed by atoms with E-state index in [9.17, 15) is 4.79 Å². The minimum absolute atomic E-state index is 0.0249. The Bertz CT molecular complexity index is 1230. The van der Waals surface area contributed by atoms with E-state index in [-0.39, 0.29) is 11.8 Å². The van der Waals surface area contributed by atoms with Crippen molar-refractivity contribution in [3.63, 3.8) is 0 Å². The van der Waals surface area contributed by atoms with Crippen molar-refractivity contribution in [3.05, 3.63) is 65.4 Å². The molecular weight excluding hydrogens is 408 g/mol. The van der Waals surface area contributed by atoms with E-state index in [1.54, 1.807) is 16.0 Å². The van der Waals surface area contributed by atoms with Crippen LogP contribution in [0, 0.1) is 6.92 Å². The lowest BCUT2D eigenvalue weighted by Crippen LogP contribution is -2.25. The minimum atomic E-state index is -0.107. The highest BCUT2D eigenvalue weighted by molar-refractivity contribution is 7.20. The Balaban J connectivity index is 1.60. The van der Waals surface area contributed by atoms with Crippen molar-refractivity contribution in [3.8, 4) is 10.9 Å². The highest BCUT2D eigenvalue weighted by Crippen LogP contribution is 2.43. The average Bonchev–Trinajstić information content (AvgIpc) is 3.35. The van der Waals surface area contributed by atoms with Crippen LogP contribution in [0.4, 0.5) is 5.82 Å². The number of carbonyl (C=O) groups excluding carboxylic acids is 1. The van der Waals surface area contributed by atoms with Crippen molar-refractivity contribution in [2.24, 2.45) is 0 Å². The number of fused-ring (bicyclic) bond motifs is 2. The summed E-state index contributed by atoms with van der Waals surface area (Å²) in [4.78, 5) is 17.5. The topological polar surface area (TPSA) is 69.0 Å². The largest absolute Gasteiger partial charge is 0.493 e. The Kier molecular flexibility index (Phi) is 5.19. The first kappa shape index (κ1) is 19.8. The predicted molar refractivity (Wildman–Crippen MR) is 123 cm³/mol. The fourth-order valence-electron chi connectivity index (χ4n) is 4.13. The molecule has 0 radical (unpaired) electrons. The summed E-state index contributed by atoms with van der Waals surface area (Å²) < 4.78 is 8.95. The first-order chi connectivity index (χ1) is 15.2. The maximum Gasteiger partial charge on any atom is 0.226 e. The summed E-state index contributed by atoms with van der Waals surface area (Å²) in [5, 5.41) is 8.58. The number of aromatic nitrogens is 3. The molecule has 4 aromatic rings. The van der Waals surface area contributed by atoms with Gasteiger partial charge >= 0.3 is 0 Å². The number of para-hydroxylation sites is 2. The molecular formula is C24H24N4O2S. The Labute approximate surface area is 184 Å². The Morgan fingerprint density at radius 2 is 2.00 bits per heavy atom. The first-order valence-corrected chi connectivity index (χ1v) is 11.4. The fourth-order valence-corrected chi connectivity index (χ4v) is 5.05. The van der Waals surface area contributed by atoms with E-state index >= 15 is 0 Å². The SMILES string of the molecule is CCCCOc1ccccc1[C@H]1CC(=O)Nc2c1c(C)nn2-c1nc2ccccc2s1. The number of amides is 1. The number of ether oxygens (including phenoxy) is 1. The number of carbonyl (C=O) groups is 1. The molecule has 1 aliphatic rings. The molecule has 1 aliphatic heterocycles. The Hall–Kier alpha value is -3.19. The van der Waals surface area contributed by atoms with E-state index < -0.39 is 0 Å². The molecule has 0 saturated carbocycles. The molecule has 2 aromatic carbocycles. The number of aryl methyl sites for hydroxylation is 1. The van der Waals surface area contributed by atoms with Gasteiger partial charge in [0.1, 0.15) is 11.6 Å². The van der Waals surface area contributed by atoms with E-state index in [1.807, 2.05) is 49.4 Å². The molecule has 31 heavy (non-hydrogen) atoms. The number of benzene rings is 2. The van der Waals surface area contributed by atoms with Gasteiger partial charge in [0.25, 0.3) is 0 Å². The van der Waals surface area contributed by atoms with Gasteiger partial charge in [0.2, 0.25) is 11.0 Å². The molecule has 0 aliphatic carbocycles. The average molecular weight is 433 g/mol. The lowest BCUT2D eigenvalue weighted by atomic mass is 9.85. The van der Waals surface area contributed by atoms with Crippen LogP contribution in [0.1, 0.15) is 48.9 Å². The van der Waals surface area contributed by atoms with Crippen LogP contribution in [0.2, 0.25) is 0 Å². The van der Waals surface area contributed by atoms with Crippen molar-refractivity contribution >= 4 is 33.3 Å². The monoisotopic (exact) mass is 432 g/mol. The standard InChI is InChI=1S/C24H24N4O2S/c1-3-4-13-30-19-11-7-5-9-16(19)17-14-21(29)26-23-22(17)15(2)27-28(23)24-25-18-10-6-8-12-20(18)31-24/h5-12,17H,3-4,13-14H2,1-2H3,(H,26,29)/t17-/m1/s1. The van der Waals surface area contributed by atoms with Crippen molar-refractivity contribution in [2.75, 3.05) is 11.9 Å². The van der Waals surface area contributed by atoms with E-state index in [1.165, 1.54) is 0 Å². The van der Waals surface area contributed by atoms with Crippen molar-refractivity contribution in [1.82, 2.24) is 14.8 Å². The van der Waals surface area contributed by atoms with Gasteiger partial charge in [-0.05, 0) is 31.5 Å². The van der Waals surface area contributed by atoms with Gasteiger partial charge in [0.15, 0.2) is 0 Å². The molecule has 1 amide bonds. The van der Waals surface area contributed by atoms with E-state index in [0.717, 1.165) is 50.8 Å². The maximum absolute atomic E-state index is 12.7. The number of hydrogen-bond acceptors (Lipinski definition) is 5. The van der Waals surface area contributed by atoms with Gasteiger partial charge in [-0.25, -0.2) is 4.98 Å². The van der Waals surface area contributed by atoms with E-state index in [4.69, 9.17) is 14.8 Å². The van der Waals surface area contributed by atoms with Crippen LogP contribution in [0.25, 0.3) is 15.3 Å². The Morgan fingerprint density at radius 1 is 1.19 bits per heavy atom. The minimum Gasteiger partial charge on any atom is -0.493 e. The molecule has 2 aromatic heterocycles. The molecule has 5 rings (SSSR count). The zero-order valence-corrected chi connectivity index (χ0v) is 18.4. The van der Waals surface area contributed by atoms with Gasteiger partial charge < -0.3 is 10.1 Å². The van der Waals surface area contributed by atoms with Crippen molar-refractivity contribution in [2.45, 2.75) is 39.0 Å². The van der Waals surface area contributed by atoms with Gasteiger partial charge in [0, 0.05) is 23.5 Å². The summed E-state index contributed by atoms with van der Waals surface area (Å²) in [7, 11) is 0. The summed E-state index contributed by atoms with van der Waals surface area (Å²) in [6.07, 6.45) is 2.44. The normalized spacial score (nSPS) is 15.7. The molecule has 0 unspecified atom stereocenters. The maximum atomic E-state index is 12.7. The predicted octanol–water partition coefficient (Wildman–Crippen LogP) is 5.44. The molecule has 1 N–H and O–H groups in total. The molecule has 3 heterocycles. The third kappa shape index (κ3) is 3.59.